The highest BCUT2D eigenvalue weighted by molar-refractivity contribution is 7.99. The molecule has 0 amide bonds. The van der Waals surface area contributed by atoms with Crippen molar-refractivity contribution >= 4 is 29.1 Å². The molecule has 2 rings (SSSR count). The van der Waals surface area contributed by atoms with Crippen molar-refractivity contribution in [1.82, 2.24) is 10.1 Å². The maximum absolute atomic E-state index is 10.9. The molecule has 8 heteroatoms. The van der Waals surface area contributed by atoms with Crippen molar-refractivity contribution in [3.63, 3.8) is 0 Å². The lowest BCUT2D eigenvalue weighted by molar-refractivity contribution is -0.139. The van der Waals surface area contributed by atoms with Crippen LogP contribution < -0.4 is 5.73 Å². The molecule has 20 heavy (non-hydrogen) atoms. The molecule has 0 fully saturated rings. The van der Waals surface area contributed by atoms with Crippen LogP contribution in [-0.2, 0) is 10.5 Å². The Morgan fingerprint density at radius 2 is 2.40 bits per heavy atom. The van der Waals surface area contributed by atoms with E-state index >= 15 is 0 Å². The van der Waals surface area contributed by atoms with Crippen molar-refractivity contribution in [2.75, 3.05) is 0 Å². The van der Waals surface area contributed by atoms with Crippen molar-refractivity contribution in [2.45, 2.75) is 30.4 Å². The number of aromatic nitrogens is 2. The molecule has 2 heterocycles. The van der Waals surface area contributed by atoms with Gasteiger partial charge in [0.2, 0.25) is 11.7 Å². The van der Waals surface area contributed by atoms with Crippen LogP contribution in [0.1, 0.15) is 19.7 Å². The van der Waals surface area contributed by atoms with Crippen molar-refractivity contribution in [3.8, 4) is 10.7 Å². The van der Waals surface area contributed by atoms with Crippen LogP contribution in [0, 0.1) is 0 Å². The first-order valence-corrected chi connectivity index (χ1v) is 7.75. The van der Waals surface area contributed by atoms with E-state index in [0.717, 1.165) is 4.88 Å². The number of hydrogen-bond acceptors (Lipinski definition) is 7. The van der Waals surface area contributed by atoms with Gasteiger partial charge in [0.05, 0.1) is 10.6 Å². The number of aliphatic carboxylic acids is 1. The van der Waals surface area contributed by atoms with Crippen LogP contribution in [0.5, 0.6) is 0 Å². The predicted octanol–water partition coefficient (Wildman–Crippen LogP) is 2.22. The van der Waals surface area contributed by atoms with Gasteiger partial charge in [-0.1, -0.05) is 11.2 Å². The van der Waals surface area contributed by atoms with Crippen LogP contribution in [-0.4, -0.2) is 32.0 Å². The minimum absolute atomic E-state index is 0.423. The highest BCUT2D eigenvalue weighted by atomic mass is 32.2. The lowest BCUT2D eigenvalue weighted by Gasteiger charge is -2.27. The minimum atomic E-state index is -1.02. The molecule has 0 spiro atoms. The molecular formula is C12H15N3O3S2. The molecule has 0 aromatic carbocycles. The molecule has 0 saturated heterocycles. The zero-order valence-electron chi connectivity index (χ0n) is 11.1. The number of hydrogen-bond donors (Lipinski definition) is 2. The van der Waals surface area contributed by atoms with E-state index in [9.17, 15) is 4.79 Å². The van der Waals surface area contributed by atoms with Gasteiger partial charge in [-0.05, 0) is 25.3 Å². The summed E-state index contributed by atoms with van der Waals surface area (Å²) in [5.41, 5.74) is 5.66. The van der Waals surface area contributed by atoms with E-state index in [1.54, 1.807) is 13.8 Å². The maximum atomic E-state index is 10.9. The fraction of sp³-hybridized carbons (Fsp3) is 0.417. The summed E-state index contributed by atoms with van der Waals surface area (Å²) in [6.07, 6.45) is 0. The summed E-state index contributed by atoms with van der Waals surface area (Å²) in [6, 6.07) is 2.88. The third-order valence-corrected chi connectivity index (χ3v) is 5.05. The Kier molecular flexibility index (Phi) is 4.46. The number of nitrogens with zero attached hydrogens (tertiary/aromatic N) is 2. The Morgan fingerprint density at radius 3 is 3.00 bits per heavy atom. The van der Waals surface area contributed by atoms with Crippen LogP contribution in [0.2, 0.25) is 0 Å². The molecule has 0 aliphatic carbocycles. The summed E-state index contributed by atoms with van der Waals surface area (Å²) < 4.78 is 4.54. The van der Waals surface area contributed by atoms with Gasteiger partial charge >= 0.3 is 5.97 Å². The van der Waals surface area contributed by atoms with Gasteiger partial charge in [0.15, 0.2) is 0 Å². The molecule has 2 aromatic heterocycles. The van der Waals surface area contributed by atoms with Crippen LogP contribution in [0.25, 0.3) is 10.7 Å². The SMILES string of the molecule is CC(C)(SCc1nc(-c2cccs2)no1)[C@@H](N)C(=O)O. The minimum Gasteiger partial charge on any atom is -0.480 e. The number of thiophene rings is 1. The fourth-order valence-corrected chi connectivity index (χ4v) is 3.00. The molecule has 2 aromatic rings. The smallest absolute Gasteiger partial charge is 0.321 e. The summed E-state index contributed by atoms with van der Waals surface area (Å²) in [6.45, 7) is 3.57. The second kappa shape index (κ2) is 5.94. The molecule has 0 aliphatic heterocycles. The van der Waals surface area contributed by atoms with E-state index in [1.165, 1.54) is 23.1 Å². The Labute approximate surface area is 124 Å². The zero-order valence-corrected chi connectivity index (χ0v) is 12.7. The molecule has 0 radical (unpaired) electrons. The zero-order chi connectivity index (χ0) is 14.8. The van der Waals surface area contributed by atoms with Crippen molar-refractivity contribution in [1.29, 1.82) is 0 Å². The third-order valence-electron chi connectivity index (χ3n) is 2.79. The number of rotatable bonds is 6. The number of carboxylic acid groups (broad SMARTS) is 1. The first kappa shape index (κ1) is 15.0. The molecule has 1 atom stereocenters. The van der Waals surface area contributed by atoms with Gasteiger partial charge in [0, 0.05) is 4.75 Å². The van der Waals surface area contributed by atoms with Crippen LogP contribution >= 0.6 is 23.1 Å². The summed E-state index contributed by atoms with van der Waals surface area (Å²) in [7, 11) is 0. The van der Waals surface area contributed by atoms with Gasteiger partial charge in [0.25, 0.3) is 0 Å². The monoisotopic (exact) mass is 313 g/mol. The Morgan fingerprint density at radius 1 is 1.65 bits per heavy atom. The summed E-state index contributed by atoms with van der Waals surface area (Å²) >= 11 is 2.91. The van der Waals surface area contributed by atoms with Crippen molar-refractivity contribution < 1.29 is 14.4 Å². The van der Waals surface area contributed by atoms with E-state index in [-0.39, 0.29) is 0 Å². The molecule has 0 unspecified atom stereocenters. The lowest BCUT2D eigenvalue weighted by Crippen LogP contribution is -2.46. The molecule has 6 nitrogen and oxygen atoms in total. The van der Waals surface area contributed by atoms with Gasteiger partial charge in [0.1, 0.15) is 6.04 Å². The van der Waals surface area contributed by atoms with Crippen molar-refractivity contribution in [2.24, 2.45) is 5.73 Å². The molecule has 0 aliphatic rings. The normalized spacial score (nSPS) is 13.3. The van der Waals surface area contributed by atoms with Crippen molar-refractivity contribution in [3.05, 3.63) is 23.4 Å². The molecule has 0 bridgehead atoms. The quantitative estimate of drug-likeness (QED) is 0.843. The van der Waals surface area contributed by atoms with E-state index in [4.69, 9.17) is 15.4 Å². The number of carboxylic acids is 1. The highest BCUT2D eigenvalue weighted by Gasteiger charge is 2.33. The average molecular weight is 313 g/mol. The first-order chi connectivity index (χ1) is 9.40. The van der Waals surface area contributed by atoms with Gasteiger partial charge in [-0.3, -0.25) is 4.79 Å². The van der Waals surface area contributed by atoms with Crippen LogP contribution in [0.15, 0.2) is 22.0 Å². The fourth-order valence-electron chi connectivity index (χ4n) is 1.45. The highest BCUT2D eigenvalue weighted by Crippen LogP contribution is 2.31. The number of thioether (sulfide) groups is 1. The topological polar surface area (TPSA) is 102 Å². The number of nitrogens with two attached hydrogens (primary N) is 1. The Balaban J connectivity index is 2.00. The van der Waals surface area contributed by atoms with Crippen LogP contribution in [0.3, 0.4) is 0 Å². The first-order valence-electron chi connectivity index (χ1n) is 5.89. The van der Waals surface area contributed by atoms with Gasteiger partial charge in [-0.15, -0.1) is 23.1 Å². The molecule has 0 saturated carbocycles. The summed E-state index contributed by atoms with van der Waals surface area (Å²) in [5.74, 6) is 0.416. The van der Waals surface area contributed by atoms with Gasteiger partial charge < -0.3 is 15.4 Å². The van der Waals surface area contributed by atoms with Crippen LogP contribution in [0.4, 0.5) is 0 Å². The largest absolute Gasteiger partial charge is 0.480 e. The van der Waals surface area contributed by atoms with E-state index < -0.39 is 16.8 Å². The number of carbonyl (C=O) groups is 1. The maximum Gasteiger partial charge on any atom is 0.321 e. The second-order valence-corrected chi connectivity index (χ2v) is 7.27. The van der Waals surface area contributed by atoms with Gasteiger partial charge in [-0.25, -0.2) is 0 Å². The summed E-state index contributed by atoms with van der Waals surface area (Å²) in [5, 5.41) is 14.8. The van der Waals surface area contributed by atoms with E-state index in [2.05, 4.69) is 10.1 Å². The third kappa shape index (κ3) is 3.38. The second-order valence-electron chi connectivity index (χ2n) is 4.70. The summed E-state index contributed by atoms with van der Waals surface area (Å²) in [4.78, 5) is 16.1. The van der Waals surface area contributed by atoms with Gasteiger partial charge in [-0.2, -0.15) is 4.98 Å². The molecule has 3 N–H and O–H groups in total. The van der Waals surface area contributed by atoms with E-state index in [0.29, 0.717) is 17.5 Å². The standard InChI is InChI=1S/C12H15N3O3S2/c1-12(2,9(13)11(16)17)20-6-8-14-10(15-18-8)7-4-3-5-19-7/h3-5,9H,6,13H2,1-2H3,(H,16,17)/t9-/m0/s1. The van der Waals surface area contributed by atoms with E-state index in [1.807, 2.05) is 17.5 Å². The average Bonchev–Trinajstić information content (AvgIpc) is 3.05. The Hall–Kier alpha value is -1.38. The molecular weight excluding hydrogens is 298 g/mol. The Bertz CT molecular complexity index is 581. The predicted molar refractivity (Wildman–Crippen MR) is 78.6 cm³/mol. The lowest BCUT2D eigenvalue weighted by atomic mass is 10.1. The molecule has 108 valence electrons.